The van der Waals surface area contributed by atoms with Crippen LogP contribution in [0.3, 0.4) is 0 Å². The fourth-order valence-corrected chi connectivity index (χ4v) is 1.02. The van der Waals surface area contributed by atoms with Crippen LogP contribution in [0.15, 0.2) is 22.7 Å². The lowest BCUT2D eigenvalue weighted by atomic mass is 10.4. The van der Waals surface area contributed by atoms with Gasteiger partial charge in [-0.2, -0.15) is 0 Å². The predicted octanol–water partition coefficient (Wildman–Crippen LogP) is 0.850. The zero-order chi connectivity index (χ0) is 9.26. The number of rotatable bonds is 2. The highest BCUT2D eigenvalue weighted by Gasteiger charge is 2.08. The molecule has 5 nitrogen and oxygen atoms in total. The zero-order valence-corrected chi connectivity index (χ0v) is 6.60. The lowest BCUT2D eigenvalue weighted by Crippen LogP contribution is -1.99. The Morgan fingerprint density at radius 3 is 3.15 bits per heavy atom. The number of carbonyl (C=O) groups is 1. The first-order valence-electron chi connectivity index (χ1n) is 3.68. The van der Waals surface area contributed by atoms with E-state index in [0.717, 1.165) is 0 Å². The first-order valence-corrected chi connectivity index (χ1v) is 3.68. The topological polar surface area (TPSA) is 76.2 Å². The number of nitrogens with zero attached hydrogens (tertiary/aromatic N) is 2. The summed E-state index contributed by atoms with van der Waals surface area (Å²) in [5, 5.41) is 8.47. The van der Waals surface area contributed by atoms with Crippen molar-refractivity contribution in [2.24, 2.45) is 0 Å². The number of carboxylic acids is 1. The lowest BCUT2D eigenvalue weighted by Gasteiger charge is -1.84. The van der Waals surface area contributed by atoms with E-state index in [2.05, 4.69) is 9.97 Å². The number of oxazole rings is 1. The smallest absolute Gasteiger partial charge is 0.312 e. The minimum Gasteiger partial charge on any atom is -0.481 e. The molecule has 0 fully saturated rings. The van der Waals surface area contributed by atoms with Gasteiger partial charge in [-0.25, -0.2) is 9.97 Å². The van der Waals surface area contributed by atoms with Crippen LogP contribution in [-0.4, -0.2) is 21.0 Å². The number of hydrogen-bond donors (Lipinski definition) is 1. The molecule has 0 spiro atoms. The maximum Gasteiger partial charge on any atom is 0.312 e. The number of fused-ring (bicyclic) bond motifs is 1. The maximum atomic E-state index is 10.3. The van der Waals surface area contributed by atoms with Gasteiger partial charge in [0.15, 0.2) is 0 Å². The van der Waals surface area contributed by atoms with Gasteiger partial charge in [0.25, 0.3) is 0 Å². The van der Waals surface area contributed by atoms with Crippen LogP contribution in [0.2, 0.25) is 0 Å². The van der Waals surface area contributed by atoms with E-state index in [1.165, 1.54) is 0 Å². The summed E-state index contributed by atoms with van der Waals surface area (Å²) in [6.45, 7) is 0. The number of pyridine rings is 1. The third-order valence-electron chi connectivity index (χ3n) is 1.51. The van der Waals surface area contributed by atoms with E-state index in [-0.39, 0.29) is 12.3 Å². The van der Waals surface area contributed by atoms with E-state index >= 15 is 0 Å². The van der Waals surface area contributed by atoms with Crippen molar-refractivity contribution in [2.45, 2.75) is 6.42 Å². The Morgan fingerprint density at radius 2 is 2.46 bits per heavy atom. The summed E-state index contributed by atoms with van der Waals surface area (Å²) in [5.41, 5.74) is 0.956. The Morgan fingerprint density at radius 1 is 1.62 bits per heavy atom. The molecule has 66 valence electrons. The highest BCUT2D eigenvalue weighted by molar-refractivity contribution is 5.71. The number of hydrogen-bond acceptors (Lipinski definition) is 4. The van der Waals surface area contributed by atoms with Crippen molar-refractivity contribution >= 4 is 17.2 Å². The van der Waals surface area contributed by atoms with E-state index in [9.17, 15) is 4.79 Å². The van der Waals surface area contributed by atoms with Crippen LogP contribution < -0.4 is 0 Å². The van der Waals surface area contributed by atoms with Crippen molar-refractivity contribution in [3.8, 4) is 0 Å². The summed E-state index contributed by atoms with van der Waals surface area (Å²) in [6, 6.07) is 3.44. The summed E-state index contributed by atoms with van der Waals surface area (Å²) < 4.78 is 5.08. The molecule has 0 unspecified atom stereocenters. The SMILES string of the molecule is O=C(O)Cc1nc2cccnc2o1. The number of aliphatic carboxylic acids is 1. The summed E-state index contributed by atoms with van der Waals surface area (Å²) in [6.07, 6.45) is 1.36. The molecular weight excluding hydrogens is 172 g/mol. The molecule has 0 aliphatic carbocycles. The van der Waals surface area contributed by atoms with Crippen molar-refractivity contribution in [1.82, 2.24) is 9.97 Å². The average molecular weight is 178 g/mol. The van der Waals surface area contributed by atoms with Gasteiger partial charge >= 0.3 is 5.97 Å². The number of carboxylic acid groups (broad SMARTS) is 1. The molecular formula is C8H6N2O3. The Kier molecular flexibility index (Phi) is 1.70. The van der Waals surface area contributed by atoms with Crippen LogP contribution in [0.1, 0.15) is 5.89 Å². The molecule has 0 aliphatic rings. The molecule has 2 heterocycles. The van der Waals surface area contributed by atoms with E-state index in [1.54, 1.807) is 18.3 Å². The van der Waals surface area contributed by atoms with Gasteiger partial charge in [0.2, 0.25) is 11.6 Å². The highest BCUT2D eigenvalue weighted by atomic mass is 16.4. The van der Waals surface area contributed by atoms with Crippen LogP contribution in [-0.2, 0) is 11.2 Å². The largest absolute Gasteiger partial charge is 0.481 e. The molecule has 2 rings (SSSR count). The third-order valence-corrected chi connectivity index (χ3v) is 1.51. The normalized spacial score (nSPS) is 10.5. The molecule has 0 saturated carbocycles. The second kappa shape index (κ2) is 2.85. The van der Waals surface area contributed by atoms with E-state index in [0.29, 0.717) is 11.2 Å². The summed E-state index contributed by atoms with van der Waals surface area (Å²) in [7, 11) is 0. The lowest BCUT2D eigenvalue weighted by molar-refractivity contribution is -0.136. The van der Waals surface area contributed by atoms with Crippen LogP contribution in [0.4, 0.5) is 0 Å². The molecule has 5 heteroatoms. The van der Waals surface area contributed by atoms with Gasteiger partial charge in [-0.15, -0.1) is 0 Å². The quantitative estimate of drug-likeness (QED) is 0.737. The molecule has 0 aromatic carbocycles. The van der Waals surface area contributed by atoms with Gasteiger partial charge in [0.05, 0.1) is 0 Å². The fraction of sp³-hybridized carbons (Fsp3) is 0.125. The third kappa shape index (κ3) is 1.48. The summed E-state index contributed by atoms with van der Waals surface area (Å²) in [4.78, 5) is 18.2. The molecule has 0 radical (unpaired) electrons. The Labute approximate surface area is 73.0 Å². The zero-order valence-electron chi connectivity index (χ0n) is 6.60. The van der Waals surface area contributed by atoms with E-state index in [4.69, 9.17) is 9.52 Å². The first-order chi connectivity index (χ1) is 6.25. The van der Waals surface area contributed by atoms with Gasteiger partial charge in [-0.3, -0.25) is 4.79 Å². The van der Waals surface area contributed by atoms with Gasteiger partial charge in [-0.05, 0) is 12.1 Å². The highest BCUT2D eigenvalue weighted by Crippen LogP contribution is 2.11. The van der Waals surface area contributed by atoms with Crippen molar-refractivity contribution < 1.29 is 14.3 Å². The van der Waals surface area contributed by atoms with Gasteiger partial charge in [0, 0.05) is 6.20 Å². The predicted molar refractivity (Wildman–Crippen MR) is 43.1 cm³/mol. The minimum absolute atomic E-state index is 0.182. The van der Waals surface area contributed by atoms with Gasteiger partial charge < -0.3 is 9.52 Å². The van der Waals surface area contributed by atoms with Crippen molar-refractivity contribution in [2.75, 3.05) is 0 Å². The van der Waals surface area contributed by atoms with Crippen LogP contribution in [0, 0.1) is 0 Å². The molecule has 0 atom stereocenters. The minimum atomic E-state index is -0.966. The second-order valence-electron chi connectivity index (χ2n) is 2.51. The molecule has 2 aromatic rings. The fourth-order valence-electron chi connectivity index (χ4n) is 1.02. The van der Waals surface area contributed by atoms with Crippen molar-refractivity contribution in [3.63, 3.8) is 0 Å². The van der Waals surface area contributed by atoms with Crippen LogP contribution in [0.5, 0.6) is 0 Å². The number of aromatic nitrogens is 2. The Hall–Kier alpha value is -1.91. The summed E-state index contributed by atoms with van der Waals surface area (Å²) in [5.74, 6) is -0.784. The van der Waals surface area contributed by atoms with Crippen LogP contribution >= 0.6 is 0 Å². The van der Waals surface area contributed by atoms with Gasteiger partial charge in [0.1, 0.15) is 11.9 Å². The Bertz CT molecular complexity index is 416. The first kappa shape index (κ1) is 7.72. The molecule has 13 heavy (non-hydrogen) atoms. The standard InChI is InChI=1S/C8H6N2O3/c11-7(12)4-6-10-5-2-1-3-9-8(5)13-6/h1-3H,4H2,(H,11,12). The molecule has 1 N–H and O–H groups in total. The van der Waals surface area contributed by atoms with Crippen molar-refractivity contribution in [1.29, 1.82) is 0 Å². The maximum absolute atomic E-state index is 10.3. The summed E-state index contributed by atoms with van der Waals surface area (Å²) >= 11 is 0. The molecule has 2 aromatic heterocycles. The average Bonchev–Trinajstić information content (AvgIpc) is 2.44. The Balaban J connectivity index is 2.44. The monoisotopic (exact) mass is 178 g/mol. The van der Waals surface area contributed by atoms with Crippen molar-refractivity contribution in [3.05, 3.63) is 24.2 Å². The molecule has 0 saturated heterocycles. The van der Waals surface area contributed by atoms with E-state index < -0.39 is 5.97 Å². The van der Waals surface area contributed by atoms with E-state index in [1.807, 2.05) is 0 Å². The second-order valence-corrected chi connectivity index (χ2v) is 2.51. The van der Waals surface area contributed by atoms with Gasteiger partial charge in [-0.1, -0.05) is 0 Å². The molecule has 0 amide bonds. The van der Waals surface area contributed by atoms with Crippen LogP contribution in [0.25, 0.3) is 11.2 Å². The molecule has 0 aliphatic heterocycles. The molecule has 0 bridgehead atoms.